The summed E-state index contributed by atoms with van der Waals surface area (Å²) in [5.74, 6) is 1.70. The third kappa shape index (κ3) is 3.73. The zero-order valence-electron chi connectivity index (χ0n) is 16.9. The molecule has 0 radical (unpaired) electrons. The highest BCUT2D eigenvalue weighted by molar-refractivity contribution is 6.06. The molecule has 29 heavy (non-hydrogen) atoms. The number of nitrogens with zero attached hydrogens (tertiary/aromatic N) is 2. The quantitative estimate of drug-likeness (QED) is 0.316. The molecule has 0 spiro atoms. The van der Waals surface area contributed by atoms with Gasteiger partial charge in [-0.25, -0.2) is 0 Å². The largest absolute Gasteiger partial charge is 0.494 e. The molecule has 2 aliphatic carbocycles. The maximum Gasteiger partial charge on any atom is 0.233 e. The van der Waals surface area contributed by atoms with E-state index in [1.54, 1.807) is 7.05 Å². The number of carbonyl (C=O) groups is 2. The normalized spacial score (nSPS) is 27.5. The average molecular weight is 396 g/mol. The van der Waals surface area contributed by atoms with Crippen molar-refractivity contribution in [3.8, 4) is 5.75 Å². The predicted octanol–water partition coefficient (Wildman–Crippen LogP) is 1.56. The Labute approximate surface area is 171 Å². The first-order valence-electron chi connectivity index (χ1n) is 10.3. The summed E-state index contributed by atoms with van der Waals surface area (Å²) in [6, 6.07) is 7.90. The van der Waals surface area contributed by atoms with Gasteiger partial charge in [0.05, 0.1) is 18.4 Å². The van der Waals surface area contributed by atoms with E-state index in [4.69, 9.17) is 4.74 Å². The van der Waals surface area contributed by atoms with E-state index in [1.807, 2.05) is 31.2 Å². The fourth-order valence-corrected chi connectivity index (χ4v) is 4.79. The second-order valence-corrected chi connectivity index (χ2v) is 7.76. The average Bonchev–Trinajstić information content (AvgIpc) is 3.40. The summed E-state index contributed by atoms with van der Waals surface area (Å²) in [6.07, 6.45) is 5.19. The molecular formula is C22H28N4O3. The predicted molar refractivity (Wildman–Crippen MR) is 110 cm³/mol. The van der Waals surface area contributed by atoms with Crippen LogP contribution in [0, 0.1) is 23.7 Å². The first-order chi connectivity index (χ1) is 14.1. The number of carbonyl (C=O) groups excluding carboxylic acids is 2. The number of imide groups is 1. The SMILES string of the molecule is CCOc1cccc(CNC(=NC)NCCN2C(=O)C3C4C=CC(C4)C3C2=O)c1. The van der Waals surface area contributed by atoms with Gasteiger partial charge >= 0.3 is 0 Å². The number of allylic oxidation sites excluding steroid dienone is 2. The van der Waals surface area contributed by atoms with Crippen LogP contribution in [0.15, 0.2) is 41.4 Å². The van der Waals surface area contributed by atoms with Gasteiger partial charge in [0.1, 0.15) is 5.75 Å². The molecule has 4 unspecified atom stereocenters. The Kier molecular flexibility index (Phi) is 5.56. The Bertz CT molecular complexity index is 820. The van der Waals surface area contributed by atoms with E-state index in [9.17, 15) is 9.59 Å². The molecule has 2 N–H and O–H groups in total. The van der Waals surface area contributed by atoms with Crippen molar-refractivity contribution in [2.75, 3.05) is 26.7 Å². The second-order valence-electron chi connectivity index (χ2n) is 7.76. The van der Waals surface area contributed by atoms with Crippen LogP contribution >= 0.6 is 0 Å². The Balaban J connectivity index is 1.26. The lowest BCUT2D eigenvalue weighted by Gasteiger charge is -2.18. The van der Waals surface area contributed by atoms with Gasteiger partial charge in [0.15, 0.2) is 5.96 Å². The van der Waals surface area contributed by atoms with Crippen LogP contribution in [-0.2, 0) is 16.1 Å². The highest BCUT2D eigenvalue weighted by Crippen LogP contribution is 2.52. The van der Waals surface area contributed by atoms with E-state index in [0.717, 1.165) is 17.7 Å². The van der Waals surface area contributed by atoms with Crippen molar-refractivity contribution in [3.63, 3.8) is 0 Å². The number of hydrogen-bond acceptors (Lipinski definition) is 4. The van der Waals surface area contributed by atoms with Crippen LogP contribution in [0.1, 0.15) is 18.9 Å². The van der Waals surface area contributed by atoms with Gasteiger partial charge in [0.2, 0.25) is 11.8 Å². The molecule has 154 valence electrons. The number of benzene rings is 1. The molecule has 2 bridgehead atoms. The van der Waals surface area contributed by atoms with Crippen molar-refractivity contribution in [1.29, 1.82) is 0 Å². The standard InChI is InChI=1S/C22H28N4O3/c1-3-29-17-6-4-5-14(11-17)13-25-22(23-2)24-9-10-26-20(27)18-15-7-8-16(12-15)19(18)21(26)28/h4-8,11,15-16,18-19H,3,9-10,12-13H2,1-2H3,(H2,23,24,25). The zero-order chi connectivity index (χ0) is 20.4. The molecule has 4 rings (SSSR count). The molecule has 2 fully saturated rings. The monoisotopic (exact) mass is 396 g/mol. The van der Waals surface area contributed by atoms with Gasteiger partial charge in [-0.05, 0) is 42.9 Å². The number of rotatable bonds is 7. The van der Waals surface area contributed by atoms with E-state index in [-0.39, 0.29) is 35.5 Å². The molecule has 1 saturated heterocycles. The van der Waals surface area contributed by atoms with Crippen molar-refractivity contribution in [2.24, 2.45) is 28.7 Å². The molecular weight excluding hydrogens is 368 g/mol. The van der Waals surface area contributed by atoms with E-state index < -0.39 is 0 Å². The van der Waals surface area contributed by atoms with Gasteiger partial charge in [-0.3, -0.25) is 19.5 Å². The van der Waals surface area contributed by atoms with Crippen LogP contribution in [0.25, 0.3) is 0 Å². The fraction of sp³-hybridized carbons (Fsp3) is 0.500. The lowest BCUT2D eigenvalue weighted by molar-refractivity contribution is -0.140. The Morgan fingerprint density at radius 3 is 2.55 bits per heavy atom. The van der Waals surface area contributed by atoms with Gasteiger partial charge in [-0.2, -0.15) is 0 Å². The molecule has 1 aromatic rings. The topological polar surface area (TPSA) is 83.0 Å². The van der Waals surface area contributed by atoms with Gasteiger partial charge in [0, 0.05) is 26.7 Å². The van der Waals surface area contributed by atoms with Gasteiger partial charge in [-0.15, -0.1) is 0 Å². The lowest BCUT2D eigenvalue weighted by atomic mass is 9.85. The third-order valence-corrected chi connectivity index (χ3v) is 6.08. The number of aliphatic imine (C=N–C) groups is 1. The molecule has 1 heterocycles. The second kappa shape index (κ2) is 8.27. The number of ether oxygens (including phenoxy) is 1. The van der Waals surface area contributed by atoms with E-state index in [1.165, 1.54) is 4.90 Å². The Hall–Kier alpha value is -2.83. The van der Waals surface area contributed by atoms with Crippen molar-refractivity contribution < 1.29 is 14.3 Å². The molecule has 7 nitrogen and oxygen atoms in total. The number of nitrogens with one attached hydrogen (secondary N) is 2. The molecule has 4 atom stereocenters. The summed E-state index contributed by atoms with van der Waals surface area (Å²) in [5, 5.41) is 6.45. The highest BCUT2D eigenvalue weighted by Gasteiger charge is 2.58. The molecule has 3 aliphatic rings. The zero-order valence-corrected chi connectivity index (χ0v) is 16.9. The number of guanidine groups is 1. The number of likely N-dealkylation sites (tertiary alicyclic amines) is 1. The van der Waals surface area contributed by atoms with Gasteiger partial charge in [0.25, 0.3) is 0 Å². The summed E-state index contributed by atoms with van der Waals surface area (Å²) >= 11 is 0. The summed E-state index contributed by atoms with van der Waals surface area (Å²) < 4.78 is 5.52. The highest BCUT2D eigenvalue weighted by atomic mass is 16.5. The summed E-state index contributed by atoms with van der Waals surface area (Å²) in [6.45, 7) is 4.03. The molecule has 1 aliphatic heterocycles. The molecule has 1 saturated carbocycles. The van der Waals surface area contributed by atoms with Crippen LogP contribution in [-0.4, -0.2) is 49.4 Å². The van der Waals surface area contributed by atoms with Crippen LogP contribution in [0.5, 0.6) is 5.75 Å². The van der Waals surface area contributed by atoms with Crippen LogP contribution in [0.2, 0.25) is 0 Å². The fourth-order valence-electron chi connectivity index (χ4n) is 4.79. The lowest BCUT2D eigenvalue weighted by Crippen LogP contribution is -2.43. The summed E-state index contributed by atoms with van der Waals surface area (Å²) in [5.41, 5.74) is 1.08. The molecule has 7 heteroatoms. The maximum atomic E-state index is 12.7. The third-order valence-electron chi connectivity index (χ3n) is 6.08. The van der Waals surface area contributed by atoms with E-state index in [2.05, 4.69) is 27.8 Å². The Morgan fingerprint density at radius 1 is 1.17 bits per heavy atom. The minimum atomic E-state index is -0.132. The number of hydrogen-bond donors (Lipinski definition) is 2. The number of fused-ring (bicyclic) bond motifs is 5. The van der Waals surface area contributed by atoms with Crippen molar-refractivity contribution in [2.45, 2.75) is 19.9 Å². The summed E-state index contributed by atoms with van der Waals surface area (Å²) in [4.78, 5) is 31.1. The van der Waals surface area contributed by atoms with Gasteiger partial charge < -0.3 is 15.4 Å². The minimum absolute atomic E-state index is 0.00524. The van der Waals surface area contributed by atoms with Crippen molar-refractivity contribution in [1.82, 2.24) is 15.5 Å². The van der Waals surface area contributed by atoms with Crippen LogP contribution < -0.4 is 15.4 Å². The van der Waals surface area contributed by atoms with E-state index in [0.29, 0.717) is 32.2 Å². The maximum absolute atomic E-state index is 12.7. The first kappa shape index (κ1) is 19.5. The first-order valence-corrected chi connectivity index (χ1v) is 10.3. The minimum Gasteiger partial charge on any atom is -0.494 e. The molecule has 1 aromatic carbocycles. The number of amides is 2. The molecule has 0 aromatic heterocycles. The van der Waals surface area contributed by atoms with Gasteiger partial charge in [-0.1, -0.05) is 24.3 Å². The summed E-state index contributed by atoms with van der Waals surface area (Å²) in [7, 11) is 1.70. The molecule has 2 amide bonds. The van der Waals surface area contributed by atoms with Crippen molar-refractivity contribution >= 4 is 17.8 Å². The van der Waals surface area contributed by atoms with Crippen molar-refractivity contribution in [3.05, 3.63) is 42.0 Å². The van der Waals surface area contributed by atoms with E-state index >= 15 is 0 Å². The van der Waals surface area contributed by atoms with Crippen LogP contribution in [0.3, 0.4) is 0 Å². The Morgan fingerprint density at radius 2 is 1.90 bits per heavy atom. The smallest absolute Gasteiger partial charge is 0.233 e. The van der Waals surface area contributed by atoms with Crippen LogP contribution in [0.4, 0.5) is 0 Å².